The summed E-state index contributed by atoms with van der Waals surface area (Å²) in [6, 6.07) is 0. The largest absolute Gasteiger partial charge is 0.343 e. The number of nitrogens with zero attached hydrogens (tertiary/aromatic N) is 2. The van der Waals surface area contributed by atoms with Gasteiger partial charge in [0.1, 0.15) is 5.78 Å². The zero-order valence-electron chi connectivity index (χ0n) is 5.00. The fourth-order valence-corrected chi connectivity index (χ4v) is 0.493. The van der Waals surface area contributed by atoms with Crippen LogP contribution in [-0.2, 0) is 11.2 Å². The van der Waals surface area contributed by atoms with Crippen molar-refractivity contribution in [3.63, 3.8) is 0 Å². The SMILES string of the molecule is CC(=O)Cc1ncon1. The van der Waals surface area contributed by atoms with Gasteiger partial charge >= 0.3 is 0 Å². The number of ketones is 1. The van der Waals surface area contributed by atoms with Crippen LogP contribution in [0.5, 0.6) is 0 Å². The third kappa shape index (κ3) is 1.64. The summed E-state index contributed by atoms with van der Waals surface area (Å²) in [5.41, 5.74) is 0. The van der Waals surface area contributed by atoms with E-state index in [-0.39, 0.29) is 12.2 Å². The summed E-state index contributed by atoms with van der Waals surface area (Å²) in [5.74, 6) is 0.485. The molecule has 0 spiro atoms. The summed E-state index contributed by atoms with van der Waals surface area (Å²) in [6.45, 7) is 1.48. The third-order valence-electron chi connectivity index (χ3n) is 0.814. The lowest BCUT2D eigenvalue weighted by molar-refractivity contribution is -0.116. The summed E-state index contributed by atoms with van der Waals surface area (Å²) in [4.78, 5) is 14.0. The molecule has 0 atom stereocenters. The van der Waals surface area contributed by atoms with Gasteiger partial charge in [-0.1, -0.05) is 5.16 Å². The number of aromatic nitrogens is 2. The van der Waals surface area contributed by atoms with Gasteiger partial charge in [0.2, 0.25) is 6.39 Å². The first kappa shape index (κ1) is 5.94. The minimum atomic E-state index is 0.0383. The highest BCUT2D eigenvalue weighted by Crippen LogP contribution is 1.89. The molecular formula is C5H6N2O2. The topological polar surface area (TPSA) is 56.0 Å². The van der Waals surface area contributed by atoms with Gasteiger partial charge in [0, 0.05) is 0 Å². The molecule has 4 heteroatoms. The zero-order chi connectivity index (χ0) is 6.69. The van der Waals surface area contributed by atoms with E-state index in [0.29, 0.717) is 5.82 Å². The quantitative estimate of drug-likeness (QED) is 0.568. The van der Waals surface area contributed by atoms with Gasteiger partial charge in [-0.15, -0.1) is 0 Å². The van der Waals surface area contributed by atoms with E-state index in [1.54, 1.807) is 0 Å². The van der Waals surface area contributed by atoms with E-state index in [1.165, 1.54) is 13.3 Å². The second-order valence-corrected chi connectivity index (χ2v) is 1.73. The molecule has 0 unspecified atom stereocenters. The van der Waals surface area contributed by atoms with Crippen molar-refractivity contribution in [3.05, 3.63) is 12.2 Å². The predicted molar refractivity (Wildman–Crippen MR) is 28.7 cm³/mol. The second-order valence-electron chi connectivity index (χ2n) is 1.73. The number of Topliss-reactive ketones (excluding diaryl/α,β-unsaturated/α-hetero) is 1. The van der Waals surface area contributed by atoms with E-state index in [1.807, 2.05) is 0 Å². The molecule has 0 aromatic carbocycles. The van der Waals surface area contributed by atoms with Gasteiger partial charge in [-0.25, -0.2) is 0 Å². The Bertz CT molecular complexity index is 193. The van der Waals surface area contributed by atoms with Crippen LogP contribution >= 0.6 is 0 Å². The van der Waals surface area contributed by atoms with E-state index in [9.17, 15) is 4.79 Å². The van der Waals surface area contributed by atoms with E-state index in [4.69, 9.17) is 0 Å². The van der Waals surface area contributed by atoms with Gasteiger partial charge in [-0.3, -0.25) is 4.79 Å². The van der Waals surface area contributed by atoms with Gasteiger partial charge in [-0.05, 0) is 6.92 Å². The molecule has 0 saturated heterocycles. The average molecular weight is 126 g/mol. The molecule has 48 valence electrons. The molecule has 1 aromatic rings. The highest BCUT2D eigenvalue weighted by atomic mass is 16.5. The molecule has 0 aliphatic carbocycles. The minimum Gasteiger partial charge on any atom is -0.343 e. The van der Waals surface area contributed by atoms with Gasteiger partial charge in [0.15, 0.2) is 5.82 Å². The van der Waals surface area contributed by atoms with Crippen molar-refractivity contribution in [1.29, 1.82) is 0 Å². The Labute approximate surface area is 51.9 Å². The van der Waals surface area contributed by atoms with Crippen molar-refractivity contribution in [2.75, 3.05) is 0 Å². The highest BCUT2D eigenvalue weighted by molar-refractivity contribution is 5.77. The maximum atomic E-state index is 10.4. The van der Waals surface area contributed by atoms with Gasteiger partial charge < -0.3 is 4.52 Å². The minimum absolute atomic E-state index is 0.0383. The molecular weight excluding hydrogens is 120 g/mol. The lowest BCUT2D eigenvalue weighted by atomic mass is 10.3. The van der Waals surface area contributed by atoms with Crippen LogP contribution in [0.2, 0.25) is 0 Å². The average Bonchev–Trinajstić information content (AvgIpc) is 2.15. The summed E-state index contributed by atoms with van der Waals surface area (Å²) in [5, 5.41) is 3.45. The van der Waals surface area contributed by atoms with E-state index in [2.05, 4.69) is 14.7 Å². The number of hydrogen-bond acceptors (Lipinski definition) is 4. The Balaban J connectivity index is 2.58. The number of carbonyl (C=O) groups excluding carboxylic acids is 1. The molecule has 0 fully saturated rings. The molecule has 0 aliphatic rings. The van der Waals surface area contributed by atoms with Crippen LogP contribution in [0.1, 0.15) is 12.7 Å². The molecule has 4 nitrogen and oxygen atoms in total. The van der Waals surface area contributed by atoms with Crippen molar-refractivity contribution in [2.24, 2.45) is 0 Å². The molecule has 1 aromatic heterocycles. The predicted octanol–water partition coefficient (Wildman–Crippen LogP) is 0.201. The van der Waals surface area contributed by atoms with Crippen LogP contribution < -0.4 is 0 Å². The van der Waals surface area contributed by atoms with E-state index >= 15 is 0 Å². The Kier molecular flexibility index (Phi) is 1.58. The van der Waals surface area contributed by atoms with Crippen molar-refractivity contribution >= 4 is 5.78 Å². The van der Waals surface area contributed by atoms with E-state index < -0.39 is 0 Å². The van der Waals surface area contributed by atoms with Crippen LogP contribution in [0.3, 0.4) is 0 Å². The van der Waals surface area contributed by atoms with Crippen LogP contribution in [0.4, 0.5) is 0 Å². The molecule has 0 saturated carbocycles. The molecule has 1 heterocycles. The summed E-state index contributed by atoms with van der Waals surface area (Å²) in [7, 11) is 0. The zero-order valence-corrected chi connectivity index (χ0v) is 5.00. The number of rotatable bonds is 2. The van der Waals surface area contributed by atoms with Crippen LogP contribution in [0.15, 0.2) is 10.9 Å². The summed E-state index contributed by atoms with van der Waals surface area (Å²) < 4.78 is 4.40. The van der Waals surface area contributed by atoms with Crippen molar-refractivity contribution in [1.82, 2.24) is 10.1 Å². The normalized spacial score (nSPS) is 9.44. The molecule has 1 rings (SSSR count). The Hall–Kier alpha value is -1.19. The van der Waals surface area contributed by atoms with Crippen molar-refractivity contribution in [3.8, 4) is 0 Å². The van der Waals surface area contributed by atoms with Crippen molar-refractivity contribution < 1.29 is 9.32 Å². The lowest BCUT2D eigenvalue weighted by Crippen LogP contribution is -1.97. The van der Waals surface area contributed by atoms with Gasteiger partial charge in [0.25, 0.3) is 0 Å². The molecule has 9 heavy (non-hydrogen) atoms. The Morgan fingerprint density at radius 2 is 2.67 bits per heavy atom. The fraction of sp³-hybridized carbons (Fsp3) is 0.400. The lowest BCUT2D eigenvalue weighted by Gasteiger charge is -1.81. The highest BCUT2D eigenvalue weighted by Gasteiger charge is 1.99. The molecule has 0 N–H and O–H groups in total. The van der Waals surface area contributed by atoms with Crippen LogP contribution in [0, 0.1) is 0 Å². The van der Waals surface area contributed by atoms with Crippen LogP contribution in [0.25, 0.3) is 0 Å². The molecule has 0 amide bonds. The summed E-state index contributed by atoms with van der Waals surface area (Å²) >= 11 is 0. The first-order valence-corrected chi connectivity index (χ1v) is 2.53. The van der Waals surface area contributed by atoms with Crippen LogP contribution in [-0.4, -0.2) is 15.9 Å². The smallest absolute Gasteiger partial charge is 0.213 e. The Morgan fingerprint density at radius 1 is 1.89 bits per heavy atom. The Morgan fingerprint density at radius 3 is 3.11 bits per heavy atom. The number of carbonyl (C=O) groups is 1. The third-order valence-corrected chi connectivity index (χ3v) is 0.814. The van der Waals surface area contributed by atoms with Gasteiger partial charge in [0.05, 0.1) is 6.42 Å². The van der Waals surface area contributed by atoms with Gasteiger partial charge in [-0.2, -0.15) is 4.98 Å². The molecule has 0 bridgehead atoms. The van der Waals surface area contributed by atoms with E-state index in [0.717, 1.165) is 0 Å². The summed E-state index contributed by atoms with van der Waals surface area (Å²) in [6.07, 6.45) is 1.47. The first-order chi connectivity index (χ1) is 4.29. The molecule has 0 aliphatic heterocycles. The standard InChI is InChI=1S/C5H6N2O2/c1-4(8)2-5-6-3-9-7-5/h3H,2H2,1H3. The fourth-order valence-electron chi connectivity index (χ4n) is 0.493. The number of hydrogen-bond donors (Lipinski definition) is 0. The maximum Gasteiger partial charge on any atom is 0.213 e. The monoisotopic (exact) mass is 126 g/mol. The second kappa shape index (κ2) is 2.39. The maximum absolute atomic E-state index is 10.4. The van der Waals surface area contributed by atoms with Crippen molar-refractivity contribution in [2.45, 2.75) is 13.3 Å². The molecule has 0 radical (unpaired) electrons. The first-order valence-electron chi connectivity index (χ1n) is 2.53.